The number of nitrogens with one attached hydrogen (secondary N) is 1. The molecule has 4 heterocycles. The summed E-state index contributed by atoms with van der Waals surface area (Å²) in [5, 5.41) is 16.4. The van der Waals surface area contributed by atoms with Crippen LogP contribution < -0.4 is 5.32 Å². The third-order valence-electron chi connectivity index (χ3n) is 4.70. The summed E-state index contributed by atoms with van der Waals surface area (Å²) in [4.78, 5) is 21.4. The zero-order valence-electron chi connectivity index (χ0n) is 14.8. The van der Waals surface area contributed by atoms with Gasteiger partial charge in [0.05, 0.1) is 35.6 Å². The van der Waals surface area contributed by atoms with Crippen molar-refractivity contribution >= 4 is 18.0 Å². The molecule has 1 aliphatic heterocycles. The van der Waals surface area contributed by atoms with Crippen molar-refractivity contribution in [1.29, 1.82) is 5.26 Å². The summed E-state index contributed by atoms with van der Waals surface area (Å²) < 4.78 is 3.71. The molecule has 27 heavy (non-hydrogen) atoms. The second kappa shape index (κ2) is 6.57. The van der Waals surface area contributed by atoms with Gasteiger partial charge in [-0.05, 0) is 12.1 Å². The lowest BCUT2D eigenvalue weighted by Gasteiger charge is -2.48. The zero-order chi connectivity index (χ0) is 18.9. The van der Waals surface area contributed by atoms with Crippen LogP contribution in [-0.2, 0) is 17.4 Å². The fraction of sp³-hybridized carbons (Fsp3) is 0.278. The fourth-order valence-corrected chi connectivity index (χ4v) is 3.34. The molecular formula is C18H18N8O. The smallest absolute Gasteiger partial charge is 0.227 e. The molecule has 0 atom stereocenters. The standard InChI is InChI=1S/C18H18N8O/c1-24-10-15(8-21-24)22-17-20-6-2-16(23-17)14-3-7-26(9-14)18(4-5-19)11-25(12-18)13-27/h2-3,6-10,13H,4,11-12H2,1H3,(H,20,22,23). The van der Waals surface area contributed by atoms with Gasteiger partial charge in [-0.15, -0.1) is 0 Å². The Morgan fingerprint density at radius 1 is 1.37 bits per heavy atom. The lowest BCUT2D eigenvalue weighted by Crippen LogP contribution is -2.61. The Labute approximate surface area is 155 Å². The number of rotatable bonds is 6. The third-order valence-corrected chi connectivity index (χ3v) is 4.70. The van der Waals surface area contributed by atoms with Crippen LogP contribution in [0, 0.1) is 11.3 Å². The van der Waals surface area contributed by atoms with Gasteiger partial charge in [-0.3, -0.25) is 9.48 Å². The molecule has 0 bridgehead atoms. The van der Waals surface area contributed by atoms with E-state index in [1.54, 1.807) is 22.0 Å². The maximum atomic E-state index is 10.9. The van der Waals surface area contributed by atoms with Gasteiger partial charge < -0.3 is 14.8 Å². The first-order valence-electron chi connectivity index (χ1n) is 8.46. The number of aryl methyl sites for hydroxylation is 1. The summed E-state index contributed by atoms with van der Waals surface area (Å²) in [6.45, 7) is 1.07. The van der Waals surface area contributed by atoms with Gasteiger partial charge in [0.25, 0.3) is 0 Å². The van der Waals surface area contributed by atoms with Crippen LogP contribution in [0.15, 0.2) is 43.1 Å². The van der Waals surface area contributed by atoms with Crippen molar-refractivity contribution < 1.29 is 4.79 Å². The van der Waals surface area contributed by atoms with Crippen LogP contribution in [0.1, 0.15) is 6.42 Å². The van der Waals surface area contributed by atoms with Gasteiger partial charge in [0.2, 0.25) is 12.4 Å². The summed E-state index contributed by atoms with van der Waals surface area (Å²) in [7, 11) is 1.84. The molecule has 0 aromatic carbocycles. The molecule has 136 valence electrons. The SMILES string of the molecule is Cn1cc(Nc2nccc(-c3ccn(C4(CC#N)CN(C=O)C4)c3)n2)cn1. The highest BCUT2D eigenvalue weighted by Gasteiger charge is 2.43. The average Bonchev–Trinajstić information content (AvgIpc) is 3.28. The molecule has 1 saturated heterocycles. The van der Waals surface area contributed by atoms with Crippen molar-refractivity contribution in [2.24, 2.45) is 7.05 Å². The Balaban J connectivity index is 1.57. The van der Waals surface area contributed by atoms with E-state index >= 15 is 0 Å². The number of nitrogens with zero attached hydrogens (tertiary/aromatic N) is 7. The molecule has 0 saturated carbocycles. The molecule has 4 rings (SSSR count). The molecule has 0 aliphatic carbocycles. The van der Waals surface area contributed by atoms with Crippen molar-refractivity contribution in [2.75, 3.05) is 18.4 Å². The number of anilines is 2. The van der Waals surface area contributed by atoms with Crippen LogP contribution in [0.3, 0.4) is 0 Å². The van der Waals surface area contributed by atoms with E-state index in [0.29, 0.717) is 25.5 Å². The number of aromatic nitrogens is 5. The van der Waals surface area contributed by atoms with E-state index in [4.69, 9.17) is 0 Å². The minimum absolute atomic E-state index is 0.350. The molecule has 3 aromatic heterocycles. The zero-order valence-corrected chi connectivity index (χ0v) is 14.8. The van der Waals surface area contributed by atoms with E-state index in [1.165, 1.54) is 0 Å². The molecule has 1 N–H and O–H groups in total. The molecule has 3 aromatic rings. The minimum atomic E-state index is -0.363. The summed E-state index contributed by atoms with van der Waals surface area (Å²) in [6, 6.07) is 6.03. The second-order valence-corrected chi connectivity index (χ2v) is 6.67. The van der Waals surface area contributed by atoms with Crippen LogP contribution in [-0.4, -0.2) is 48.7 Å². The van der Waals surface area contributed by atoms with E-state index in [-0.39, 0.29) is 5.54 Å². The van der Waals surface area contributed by atoms with Crippen molar-refractivity contribution in [1.82, 2.24) is 29.2 Å². The Morgan fingerprint density at radius 2 is 2.22 bits per heavy atom. The highest BCUT2D eigenvalue weighted by atomic mass is 16.1. The molecular weight excluding hydrogens is 344 g/mol. The molecule has 0 unspecified atom stereocenters. The van der Waals surface area contributed by atoms with Gasteiger partial charge in [0.1, 0.15) is 0 Å². The summed E-state index contributed by atoms with van der Waals surface area (Å²) in [6.07, 6.45) is 10.3. The highest BCUT2D eigenvalue weighted by Crippen LogP contribution is 2.33. The maximum absolute atomic E-state index is 10.9. The second-order valence-electron chi connectivity index (χ2n) is 6.67. The molecule has 0 radical (unpaired) electrons. The van der Waals surface area contributed by atoms with Gasteiger partial charge >= 0.3 is 0 Å². The van der Waals surface area contributed by atoms with E-state index in [0.717, 1.165) is 23.4 Å². The van der Waals surface area contributed by atoms with Gasteiger partial charge in [-0.2, -0.15) is 10.4 Å². The van der Waals surface area contributed by atoms with E-state index in [1.807, 2.05) is 42.3 Å². The van der Waals surface area contributed by atoms with Crippen molar-refractivity contribution in [2.45, 2.75) is 12.0 Å². The van der Waals surface area contributed by atoms with Crippen molar-refractivity contribution in [3.63, 3.8) is 0 Å². The molecule has 9 heteroatoms. The van der Waals surface area contributed by atoms with Crippen LogP contribution >= 0.6 is 0 Å². The van der Waals surface area contributed by atoms with Gasteiger partial charge in [-0.1, -0.05) is 0 Å². The minimum Gasteiger partial charge on any atom is -0.343 e. The Kier molecular flexibility index (Phi) is 4.08. The molecule has 9 nitrogen and oxygen atoms in total. The van der Waals surface area contributed by atoms with E-state index < -0.39 is 0 Å². The Morgan fingerprint density at radius 3 is 2.93 bits per heavy atom. The van der Waals surface area contributed by atoms with Gasteiger partial charge in [-0.25, -0.2) is 9.97 Å². The number of hydrogen-bond donors (Lipinski definition) is 1. The quantitative estimate of drug-likeness (QED) is 0.667. The normalized spacial score (nSPS) is 15.0. The van der Waals surface area contributed by atoms with Crippen LogP contribution in [0.4, 0.5) is 11.6 Å². The van der Waals surface area contributed by atoms with Gasteiger partial charge in [0, 0.05) is 50.5 Å². The summed E-state index contributed by atoms with van der Waals surface area (Å²) in [5.74, 6) is 0.482. The monoisotopic (exact) mass is 362 g/mol. The molecule has 1 fully saturated rings. The van der Waals surface area contributed by atoms with E-state index in [9.17, 15) is 10.1 Å². The topological polar surface area (TPSA) is 105 Å². The van der Waals surface area contributed by atoms with Gasteiger partial charge in [0.15, 0.2) is 0 Å². The van der Waals surface area contributed by atoms with Crippen molar-refractivity contribution in [3.05, 3.63) is 43.1 Å². The Bertz CT molecular complexity index is 1010. The van der Waals surface area contributed by atoms with Crippen molar-refractivity contribution in [3.8, 4) is 17.3 Å². The number of hydrogen-bond acceptors (Lipinski definition) is 6. The highest BCUT2D eigenvalue weighted by molar-refractivity contribution is 5.61. The third kappa shape index (κ3) is 3.13. The molecule has 1 aliphatic rings. The molecule has 1 amide bonds. The predicted octanol–water partition coefficient (Wildman–Crippen LogP) is 1.50. The summed E-state index contributed by atoms with van der Waals surface area (Å²) in [5.41, 5.74) is 2.14. The number of nitriles is 1. The first kappa shape index (κ1) is 16.8. The largest absolute Gasteiger partial charge is 0.343 e. The Hall–Kier alpha value is -3.67. The number of carbonyl (C=O) groups is 1. The predicted molar refractivity (Wildman–Crippen MR) is 97.8 cm³/mol. The number of likely N-dealkylation sites (tertiary alicyclic amines) is 1. The maximum Gasteiger partial charge on any atom is 0.227 e. The van der Waals surface area contributed by atoms with Crippen LogP contribution in [0.2, 0.25) is 0 Å². The van der Waals surface area contributed by atoms with Crippen LogP contribution in [0.5, 0.6) is 0 Å². The first-order chi connectivity index (χ1) is 13.1. The summed E-state index contributed by atoms with van der Waals surface area (Å²) >= 11 is 0. The first-order valence-corrected chi connectivity index (χ1v) is 8.46. The van der Waals surface area contributed by atoms with E-state index in [2.05, 4.69) is 26.5 Å². The average molecular weight is 362 g/mol. The number of amides is 1. The van der Waals surface area contributed by atoms with Crippen LogP contribution in [0.25, 0.3) is 11.3 Å². The lowest BCUT2D eigenvalue weighted by atomic mass is 9.87. The number of carbonyl (C=O) groups excluding carboxylic acids is 1. The lowest BCUT2D eigenvalue weighted by molar-refractivity contribution is -0.127. The fourth-order valence-electron chi connectivity index (χ4n) is 3.34. The molecule has 0 spiro atoms.